The first-order valence-electron chi connectivity index (χ1n) is 9.22. The number of amides is 2. The number of carbonyl (C=O) groups excluding carboxylic acids is 2. The third kappa shape index (κ3) is 5.26. The fraction of sp³-hybridized carbons (Fsp3) is 0.227. The van der Waals surface area contributed by atoms with Crippen molar-refractivity contribution in [1.82, 2.24) is 10.3 Å². The fourth-order valence-electron chi connectivity index (χ4n) is 2.88. The van der Waals surface area contributed by atoms with Crippen LogP contribution in [0.2, 0.25) is 0 Å². The molecule has 2 N–H and O–H groups in total. The standard InChI is InChI=1S/C22H22FN3O2S/c1-13-4-9-18(14(2)12-13)26-21(28)20(27)24-11-10-19-15(3)25-22(29-19)16-5-7-17(23)8-6-16/h4-9,12H,10-11H2,1-3H3,(H,24,27)(H,26,28). The molecule has 2 amide bonds. The molecule has 0 bridgehead atoms. The van der Waals surface area contributed by atoms with Crippen LogP contribution in [0, 0.1) is 26.6 Å². The highest BCUT2D eigenvalue weighted by Crippen LogP contribution is 2.28. The quantitative estimate of drug-likeness (QED) is 0.619. The van der Waals surface area contributed by atoms with Crippen LogP contribution >= 0.6 is 11.3 Å². The van der Waals surface area contributed by atoms with Crippen LogP contribution in [0.5, 0.6) is 0 Å². The van der Waals surface area contributed by atoms with Crippen molar-refractivity contribution >= 4 is 28.8 Å². The van der Waals surface area contributed by atoms with Crippen molar-refractivity contribution in [2.75, 3.05) is 11.9 Å². The molecule has 3 rings (SSSR count). The molecule has 2 aromatic carbocycles. The summed E-state index contributed by atoms with van der Waals surface area (Å²) in [5.74, 6) is -1.65. The molecule has 0 spiro atoms. The van der Waals surface area contributed by atoms with Gasteiger partial charge in [-0.2, -0.15) is 0 Å². The second-order valence-corrected chi connectivity index (χ2v) is 7.90. The van der Waals surface area contributed by atoms with Gasteiger partial charge in [-0.15, -0.1) is 11.3 Å². The molecule has 3 aromatic rings. The number of carbonyl (C=O) groups is 2. The highest BCUT2D eigenvalue weighted by atomic mass is 32.1. The molecular formula is C22H22FN3O2S. The lowest BCUT2D eigenvalue weighted by atomic mass is 10.1. The summed E-state index contributed by atoms with van der Waals surface area (Å²) in [4.78, 5) is 29.7. The first-order valence-corrected chi connectivity index (χ1v) is 10.0. The Kier molecular flexibility index (Phi) is 6.39. The van der Waals surface area contributed by atoms with Gasteiger partial charge in [0.25, 0.3) is 0 Å². The number of rotatable bonds is 5. The Bertz CT molecular complexity index is 1040. The molecule has 0 unspecified atom stereocenters. The summed E-state index contributed by atoms with van der Waals surface area (Å²) in [7, 11) is 0. The molecule has 150 valence electrons. The van der Waals surface area contributed by atoms with E-state index in [1.807, 2.05) is 32.9 Å². The number of thiazole rings is 1. The number of anilines is 1. The summed E-state index contributed by atoms with van der Waals surface area (Å²) in [6, 6.07) is 11.8. The van der Waals surface area contributed by atoms with Crippen LogP contribution in [-0.2, 0) is 16.0 Å². The Morgan fingerprint density at radius 1 is 1.03 bits per heavy atom. The van der Waals surface area contributed by atoms with E-state index in [0.29, 0.717) is 18.7 Å². The zero-order valence-corrected chi connectivity index (χ0v) is 17.3. The number of halogens is 1. The minimum absolute atomic E-state index is 0.288. The summed E-state index contributed by atoms with van der Waals surface area (Å²) >= 11 is 1.50. The predicted molar refractivity (Wildman–Crippen MR) is 114 cm³/mol. The van der Waals surface area contributed by atoms with Gasteiger partial charge in [-0.25, -0.2) is 9.37 Å². The van der Waals surface area contributed by atoms with Gasteiger partial charge in [-0.05, 0) is 56.7 Å². The highest BCUT2D eigenvalue weighted by Gasteiger charge is 2.15. The number of aryl methyl sites for hydroxylation is 3. The minimum atomic E-state index is -0.690. The molecular weight excluding hydrogens is 389 g/mol. The van der Waals surface area contributed by atoms with Gasteiger partial charge in [0.05, 0.1) is 5.69 Å². The van der Waals surface area contributed by atoms with Crippen LogP contribution < -0.4 is 10.6 Å². The normalized spacial score (nSPS) is 10.6. The molecule has 0 fully saturated rings. The van der Waals surface area contributed by atoms with Crippen molar-refractivity contribution < 1.29 is 14.0 Å². The number of benzene rings is 2. The molecule has 29 heavy (non-hydrogen) atoms. The highest BCUT2D eigenvalue weighted by molar-refractivity contribution is 7.15. The Morgan fingerprint density at radius 2 is 1.76 bits per heavy atom. The Balaban J connectivity index is 1.54. The Labute approximate surface area is 173 Å². The van der Waals surface area contributed by atoms with E-state index in [1.54, 1.807) is 18.2 Å². The topological polar surface area (TPSA) is 71.1 Å². The Hall–Kier alpha value is -3.06. The summed E-state index contributed by atoms with van der Waals surface area (Å²) in [5.41, 5.74) is 4.33. The van der Waals surface area contributed by atoms with Crippen molar-refractivity contribution in [3.8, 4) is 10.6 Å². The van der Waals surface area contributed by atoms with E-state index < -0.39 is 11.8 Å². The number of aromatic nitrogens is 1. The second kappa shape index (κ2) is 8.96. The van der Waals surface area contributed by atoms with Crippen LogP contribution in [0.4, 0.5) is 10.1 Å². The van der Waals surface area contributed by atoms with E-state index in [2.05, 4.69) is 15.6 Å². The molecule has 0 saturated heterocycles. The molecule has 7 heteroatoms. The van der Waals surface area contributed by atoms with E-state index in [1.165, 1.54) is 23.5 Å². The molecule has 0 aliphatic carbocycles. The molecule has 0 aliphatic rings. The van der Waals surface area contributed by atoms with E-state index in [-0.39, 0.29) is 5.82 Å². The lowest BCUT2D eigenvalue weighted by Crippen LogP contribution is -2.36. The summed E-state index contributed by atoms with van der Waals surface area (Å²) < 4.78 is 13.1. The van der Waals surface area contributed by atoms with Crippen LogP contribution in [0.15, 0.2) is 42.5 Å². The predicted octanol–water partition coefficient (Wildman–Crippen LogP) is 4.17. The van der Waals surface area contributed by atoms with Gasteiger partial charge < -0.3 is 10.6 Å². The van der Waals surface area contributed by atoms with Crippen LogP contribution in [0.25, 0.3) is 10.6 Å². The average Bonchev–Trinajstić information content (AvgIpc) is 3.05. The van der Waals surface area contributed by atoms with Gasteiger partial charge >= 0.3 is 11.8 Å². The van der Waals surface area contributed by atoms with Gasteiger partial charge in [-0.1, -0.05) is 17.7 Å². The van der Waals surface area contributed by atoms with E-state index >= 15 is 0 Å². The zero-order chi connectivity index (χ0) is 21.0. The first kappa shape index (κ1) is 20.7. The second-order valence-electron chi connectivity index (χ2n) is 6.81. The number of nitrogens with zero attached hydrogens (tertiary/aromatic N) is 1. The zero-order valence-electron chi connectivity index (χ0n) is 16.5. The third-order valence-electron chi connectivity index (χ3n) is 4.46. The van der Waals surface area contributed by atoms with Gasteiger partial charge in [-0.3, -0.25) is 9.59 Å². The van der Waals surface area contributed by atoms with Crippen molar-refractivity contribution in [2.24, 2.45) is 0 Å². The van der Waals surface area contributed by atoms with Gasteiger partial charge in [0.1, 0.15) is 10.8 Å². The van der Waals surface area contributed by atoms with Gasteiger partial charge in [0.2, 0.25) is 0 Å². The molecule has 0 atom stereocenters. The fourth-order valence-corrected chi connectivity index (χ4v) is 3.95. The molecule has 0 saturated carbocycles. The molecule has 0 aliphatic heterocycles. The summed E-state index contributed by atoms with van der Waals surface area (Å²) in [6.45, 7) is 6.07. The molecule has 1 aromatic heterocycles. The monoisotopic (exact) mass is 411 g/mol. The number of hydrogen-bond donors (Lipinski definition) is 2. The summed E-state index contributed by atoms with van der Waals surface area (Å²) in [6.07, 6.45) is 0.563. The van der Waals surface area contributed by atoms with Gasteiger partial charge in [0, 0.05) is 29.1 Å². The summed E-state index contributed by atoms with van der Waals surface area (Å²) in [5, 5.41) is 6.08. The van der Waals surface area contributed by atoms with Crippen LogP contribution in [0.1, 0.15) is 21.7 Å². The maximum atomic E-state index is 13.1. The molecule has 0 radical (unpaired) electrons. The Morgan fingerprint density at radius 3 is 2.45 bits per heavy atom. The van der Waals surface area contributed by atoms with Crippen molar-refractivity contribution in [3.05, 3.63) is 70.0 Å². The maximum Gasteiger partial charge on any atom is 0.313 e. The van der Waals surface area contributed by atoms with Crippen LogP contribution in [-0.4, -0.2) is 23.3 Å². The van der Waals surface area contributed by atoms with E-state index in [4.69, 9.17) is 0 Å². The number of nitrogens with one attached hydrogen (secondary N) is 2. The first-order chi connectivity index (χ1) is 13.8. The lowest BCUT2D eigenvalue weighted by molar-refractivity contribution is -0.136. The average molecular weight is 412 g/mol. The molecule has 1 heterocycles. The van der Waals surface area contributed by atoms with Crippen molar-refractivity contribution in [1.29, 1.82) is 0 Å². The minimum Gasteiger partial charge on any atom is -0.347 e. The van der Waals surface area contributed by atoms with E-state index in [0.717, 1.165) is 32.3 Å². The van der Waals surface area contributed by atoms with E-state index in [9.17, 15) is 14.0 Å². The maximum absolute atomic E-state index is 13.1. The third-order valence-corrected chi connectivity index (χ3v) is 5.72. The van der Waals surface area contributed by atoms with Crippen molar-refractivity contribution in [3.63, 3.8) is 0 Å². The SMILES string of the molecule is Cc1ccc(NC(=O)C(=O)NCCc2sc(-c3ccc(F)cc3)nc2C)c(C)c1. The van der Waals surface area contributed by atoms with Gasteiger partial charge in [0.15, 0.2) is 0 Å². The lowest BCUT2D eigenvalue weighted by Gasteiger charge is -2.09. The molecule has 5 nitrogen and oxygen atoms in total. The van der Waals surface area contributed by atoms with Crippen LogP contribution in [0.3, 0.4) is 0 Å². The number of hydrogen-bond acceptors (Lipinski definition) is 4. The van der Waals surface area contributed by atoms with Crippen molar-refractivity contribution in [2.45, 2.75) is 27.2 Å². The smallest absolute Gasteiger partial charge is 0.313 e. The largest absolute Gasteiger partial charge is 0.347 e.